The van der Waals surface area contributed by atoms with E-state index in [0.29, 0.717) is 43.0 Å². The molecule has 2 fully saturated rings. The SMILES string of the molecule is Cc1ccc(NC(=O)[C@@H](C2CCCC2)N2CCN(C(=O)c3cccc(Br)c3)CC2)cc1F. The smallest absolute Gasteiger partial charge is 0.253 e. The van der Waals surface area contributed by atoms with Crippen molar-refractivity contribution in [2.24, 2.45) is 5.92 Å². The van der Waals surface area contributed by atoms with Gasteiger partial charge in [0.05, 0.1) is 6.04 Å². The quantitative estimate of drug-likeness (QED) is 0.636. The lowest BCUT2D eigenvalue weighted by Gasteiger charge is -2.40. The van der Waals surface area contributed by atoms with E-state index in [1.165, 1.54) is 6.07 Å². The largest absolute Gasteiger partial charge is 0.336 e. The summed E-state index contributed by atoms with van der Waals surface area (Å²) in [5, 5.41) is 2.94. The van der Waals surface area contributed by atoms with Gasteiger partial charge in [0.1, 0.15) is 5.82 Å². The van der Waals surface area contributed by atoms with E-state index in [1.54, 1.807) is 19.1 Å². The molecule has 0 bridgehead atoms. The van der Waals surface area contributed by atoms with E-state index in [1.807, 2.05) is 29.2 Å². The Hall–Kier alpha value is -2.25. The summed E-state index contributed by atoms with van der Waals surface area (Å²) in [6.07, 6.45) is 4.32. The summed E-state index contributed by atoms with van der Waals surface area (Å²) in [5.74, 6) is -0.0904. The van der Waals surface area contributed by atoms with Crippen LogP contribution >= 0.6 is 15.9 Å². The molecule has 2 aromatic rings. The van der Waals surface area contributed by atoms with Gasteiger partial charge in [-0.05, 0) is 61.6 Å². The molecule has 4 rings (SSSR count). The number of amides is 2. The zero-order valence-electron chi connectivity index (χ0n) is 18.3. The average Bonchev–Trinajstić information content (AvgIpc) is 3.31. The highest BCUT2D eigenvalue weighted by Gasteiger charge is 2.37. The first-order valence-corrected chi connectivity index (χ1v) is 12.1. The third kappa shape index (κ3) is 5.21. The van der Waals surface area contributed by atoms with Crippen molar-refractivity contribution >= 4 is 33.4 Å². The first kappa shape index (κ1) is 22.9. The molecule has 170 valence electrons. The van der Waals surface area contributed by atoms with Gasteiger partial charge in [0, 0.05) is 41.9 Å². The normalized spacial score (nSPS) is 18.5. The number of piperazine rings is 1. The molecule has 1 N–H and O–H groups in total. The lowest BCUT2D eigenvalue weighted by atomic mass is 9.94. The van der Waals surface area contributed by atoms with Crippen molar-refractivity contribution in [2.45, 2.75) is 38.6 Å². The van der Waals surface area contributed by atoms with Crippen LogP contribution in [0.3, 0.4) is 0 Å². The number of hydrogen-bond acceptors (Lipinski definition) is 3. The molecule has 1 aliphatic heterocycles. The molecule has 1 atom stereocenters. The number of carbonyl (C=O) groups is 2. The first-order valence-electron chi connectivity index (χ1n) is 11.3. The van der Waals surface area contributed by atoms with Gasteiger partial charge in [-0.1, -0.05) is 40.9 Å². The lowest BCUT2D eigenvalue weighted by molar-refractivity contribution is -0.123. The van der Waals surface area contributed by atoms with E-state index in [0.717, 1.165) is 30.2 Å². The number of nitrogens with one attached hydrogen (secondary N) is 1. The predicted octanol–water partition coefficient (Wildman–Crippen LogP) is 4.85. The van der Waals surface area contributed by atoms with E-state index in [-0.39, 0.29) is 29.6 Å². The molecule has 5 nitrogen and oxygen atoms in total. The maximum Gasteiger partial charge on any atom is 0.253 e. The van der Waals surface area contributed by atoms with E-state index < -0.39 is 0 Å². The zero-order valence-corrected chi connectivity index (χ0v) is 19.9. The molecule has 7 heteroatoms. The molecule has 0 aromatic heterocycles. The second-order valence-corrected chi connectivity index (χ2v) is 9.70. The summed E-state index contributed by atoms with van der Waals surface area (Å²) in [6.45, 7) is 4.17. The van der Waals surface area contributed by atoms with Crippen molar-refractivity contribution in [3.8, 4) is 0 Å². The number of nitrogens with zero attached hydrogens (tertiary/aromatic N) is 2. The van der Waals surface area contributed by atoms with E-state index in [4.69, 9.17) is 0 Å². The van der Waals surface area contributed by atoms with Gasteiger partial charge in [-0.3, -0.25) is 14.5 Å². The van der Waals surface area contributed by atoms with Crippen LogP contribution in [0.2, 0.25) is 0 Å². The average molecular weight is 502 g/mol. The fourth-order valence-electron chi connectivity index (χ4n) is 4.85. The third-order valence-corrected chi connectivity index (χ3v) is 7.11. The molecule has 2 amide bonds. The van der Waals surface area contributed by atoms with E-state index in [9.17, 15) is 14.0 Å². The molecule has 1 saturated carbocycles. The summed E-state index contributed by atoms with van der Waals surface area (Å²) < 4.78 is 14.8. The Labute approximate surface area is 197 Å². The Morgan fingerprint density at radius 3 is 2.44 bits per heavy atom. The van der Waals surface area contributed by atoms with Crippen LogP contribution in [0.1, 0.15) is 41.6 Å². The number of benzene rings is 2. The van der Waals surface area contributed by atoms with Crippen LogP contribution in [0.25, 0.3) is 0 Å². The molecular weight excluding hydrogens is 473 g/mol. The van der Waals surface area contributed by atoms with E-state index >= 15 is 0 Å². The van der Waals surface area contributed by atoms with Crippen molar-refractivity contribution in [1.82, 2.24) is 9.80 Å². The van der Waals surface area contributed by atoms with Crippen molar-refractivity contribution < 1.29 is 14.0 Å². The van der Waals surface area contributed by atoms with Gasteiger partial charge in [-0.25, -0.2) is 4.39 Å². The monoisotopic (exact) mass is 501 g/mol. The molecule has 32 heavy (non-hydrogen) atoms. The minimum absolute atomic E-state index is 0.0166. The van der Waals surface area contributed by atoms with Crippen molar-refractivity contribution in [2.75, 3.05) is 31.5 Å². The minimum atomic E-state index is -0.320. The Bertz CT molecular complexity index is 985. The molecule has 0 unspecified atom stereocenters. The molecule has 2 aromatic carbocycles. The number of halogens is 2. The first-order chi connectivity index (χ1) is 15.4. The van der Waals surface area contributed by atoms with Crippen LogP contribution in [0.4, 0.5) is 10.1 Å². The van der Waals surface area contributed by atoms with Crippen molar-refractivity contribution in [3.63, 3.8) is 0 Å². The topological polar surface area (TPSA) is 52.7 Å². The molecule has 1 aliphatic carbocycles. The fraction of sp³-hybridized carbons (Fsp3) is 0.440. The summed E-state index contributed by atoms with van der Waals surface area (Å²) in [7, 11) is 0. The highest BCUT2D eigenvalue weighted by Crippen LogP contribution is 2.32. The highest BCUT2D eigenvalue weighted by atomic mass is 79.9. The Morgan fingerprint density at radius 2 is 1.78 bits per heavy atom. The summed E-state index contributed by atoms with van der Waals surface area (Å²) in [6, 6.07) is 12.0. The predicted molar refractivity (Wildman–Crippen MR) is 127 cm³/mol. The molecule has 1 saturated heterocycles. The lowest BCUT2D eigenvalue weighted by Crippen LogP contribution is -2.56. The van der Waals surface area contributed by atoms with Crippen LogP contribution in [0, 0.1) is 18.7 Å². The molecule has 1 heterocycles. The Balaban J connectivity index is 1.44. The summed E-state index contributed by atoms with van der Waals surface area (Å²) in [4.78, 5) is 30.3. The molecular formula is C25H29BrFN3O2. The van der Waals surface area contributed by atoms with Gasteiger partial charge in [0.25, 0.3) is 5.91 Å². The molecule has 2 aliphatic rings. The van der Waals surface area contributed by atoms with Gasteiger partial charge < -0.3 is 10.2 Å². The van der Waals surface area contributed by atoms with E-state index in [2.05, 4.69) is 26.1 Å². The summed E-state index contributed by atoms with van der Waals surface area (Å²) in [5.41, 5.74) is 1.71. The maximum atomic E-state index is 14.0. The van der Waals surface area contributed by atoms with Crippen molar-refractivity contribution in [1.29, 1.82) is 0 Å². The second-order valence-electron chi connectivity index (χ2n) is 8.78. The Kier molecular flexibility index (Phi) is 7.26. The van der Waals surface area contributed by atoms with Crippen LogP contribution in [-0.2, 0) is 4.79 Å². The Morgan fingerprint density at radius 1 is 1.06 bits per heavy atom. The molecule has 0 radical (unpaired) electrons. The zero-order chi connectivity index (χ0) is 22.7. The van der Waals surface area contributed by atoms with Gasteiger partial charge in [0.15, 0.2) is 0 Å². The minimum Gasteiger partial charge on any atom is -0.336 e. The third-order valence-electron chi connectivity index (χ3n) is 6.62. The fourth-order valence-corrected chi connectivity index (χ4v) is 5.24. The van der Waals surface area contributed by atoms with Crippen LogP contribution < -0.4 is 5.32 Å². The second kappa shape index (κ2) is 10.1. The van der Waals surface area contributed by atoms with Crippen molar-refractivity contribution in [3.05, 3.63) is 63.9 Å². The summed E-state index contributed by atoms with van der Waals surface area (Å²) >= 11 is 3.43. The maximum absolute atomic E-state index is 14.0. The number of rotatable bonds is 5. The molecule has 0 spiro atoms. The highest BCUT2D eigenvalue weighted by molar-refractivity contribution is 9.10. The number of aryl methyl sites for hydroxylation is 1. The number of carbonyl (C=O) groups excluding carboxylic acids is 2. The van der Waals surface area contributed by atoms with Gasteiger partial charge in [-0.2, -0.15) is 0 Å². The number of anilines is 1. The van der Waals surface area contributed by atoms with Gasteiger partial charge in [-0.15, -0.1) is 0 Å². The standard InChI is InChI=1S/C25H29BrFN3O2/c1-17-9-10-21(16-22(17)27)28-24(31)23(18-5-2-3-6-18)29-11-13-30(14-12-29)25(32)19-7-4-8-20(26)15-19/h4,7-10,15-16,18,23H,2-3,5-6,11-14H2,1H3,(H,28,31)/t23-/m1/s1. The van der Waals surface area contributed by atoms with Crippen LogP contribution in [0.15, 0.2) is 46.9 Å². The number of hydrogen-bond donors (Lipinski definition) is 1. The van der Waals surface area contributed by atoms with Crippen LogP contribution in [0.5, 0.6) is 0 Å². The van der Waals surface area contributed by atoms with Gasteiger partial charge >= 0.3 is 0 Å². The van der Waals surface area contributed by atoms with Gasteiger partial charge in [0.2, 0.25) is 5.91 Å². The van der Waals surface area contributed by atoms with Crippen LogP contribution in [-0.4, -0.2) is 53.8 Å².